The zero-order valence-corrected chi connectivity index (χ0v) is 14.8. The van der Waals surface area contributed by atoms with Crippen LogP contribution in [-0.2, 0) is 27.3 Å². The first-order valence-corrected chi connectivity index (χ1v) is 8.56. The van der Waals surface area contributed by atoms with E-state index in [-0.39, 0.29) is 25.5 Å². The Labute approximate surface area is 153 Å². The van der Waals surface area contributed by atoms with Gasteiger partial charge in [-0.1, -0.05) is 60.7 Å². The molecule has 2 aromatic carbocycles. The molecule has 26 heavy (non-hydrogen) atoms. The van der Waals surface area contributed by atoms with Gasteiger partial charge in [0.2, 0.25) is 5.91 Å². The van der Waals surface area contributed by atoms with Crippen molar-refractivity contribution in [3.8, 4) is 6.07 Å². The summed E-state index contributed by atoms with van der Waals surface area (Å²) in [4.78, 5) is 26.6. The van der Waals surface area contributed by atoms with Crippen molar-refractivity contribution in [2.45, 2.75) is 32.4 Å². The van der Waals surface area contributed by atoms with Crippen molar-refractivity contribution in [3.05, 3.63) is 71.8 Å². The second-order valence-electron chi connectivity index (χ2n) is 5.80. The standard InChI is InChI=1S/C21H22N2O3/c1-2-26-21(25)19(15-17-9-5-3-6-10-17)23(20(24)13-14-22)16-18-11-7-4-8-12-18/h3-12,19H,2,13,15-16H2,1H3/t19-/m0/s1. The monoisotopic (exact) mass is 350 g/mol. The first-order chi connectivity index (χ1) is 12.7. The minimum atomic E-state index is -0.779. The molecule has 0 saturated carbocycles. The molecule has 0 aliphatic carbocycles. The quantitative estimate of drug-likeness (QED) is 0.686. The summed E-state index contributed by atoms with van der Waals surface area (Å²) in [5, 5.41) is 8.95. The molecule has 5 heteroatoms. The van der Waals surface area contributed by atoms with E-state index in [9.17, 15) is 9.59 Å². The number of rotatable bonds is 8. The van der Waals surface area contributed by atoms with Crippen LogP contribution in [0.25, 0.3) is 0 Å². The number of carbonyl (C=O) groups excluding carboxylic acids is 2. The third-order valence-corrected chi connectivity index (χ3v) is 3.95. The first-order valence-electron chi connectivity index (χ1n) is 8.56. The van der Waals surface area contributed by atoms with E-state index in [4.69, 9.17) is 10.00 Å². The SMILES string of the molecule is CCOC(=O)[C@H](Cc1ccccc1)N(Cc1ccccc1)C(=O)CC#N. The van der Waals surface area contributed by atoms with Crippen LogP contribution in [0.3, 0.4) is 0 Å². The molecule has 5 nitrogen and oxygen atoms in total. The van der Waals surface area contributed by atoms with Crippen molar-refractivity contribution < 1.29 is 14.3 Å². The fraction of sp³-hybridized carbons (Fsp3) is 0.286. The molecule has 0 heterocycles. The van der Waals surface area contributed by atoms with E-state index in [1.807, 2.05) is 66.7 Å². The number of nitriles is 1. The summed E-state index contributed by atoms with van der Waals surface area (Å²) < 4.78 is 5.21. The maximum absolute atomic E-state index is 12.6. The second kappa shape index (κ2) is 10.00. The molecule has 0 aliphatic heterocycles. The van der Waals surface area contributed by atoms with E-state index in [2.05, 4.69) is 0 Å². The number of nitrogens with zero attached hydrogens (tertiary/aromatic N) is 2. The second-order valence-corrected chi connectivity index (χ2v) is 5.80. The minimum absolute atomic E-state index is 0.232. The zero-order chi connectivity index (χ0) is 18.8. The third-order valence-electron chi connectivity index (χ3n) is 3.95. The van der Waals surface area contributed by atoms with Gasteiger partial charge >= 0.3 is 5.97 Å². The van der Waals surface area contributed by atoms with Gasteiger partial charge in [-0.15, -0.1) is 0 Å². The molecule has 0 fully saturated rings. The average molecular weight is 350 g/mol. The van der Waals surface area contributed by atoms with Crippen molar-refractivity contribution >= 4 is 11.9 Å². The topological polar surface area (TPSA) is 70.4 Å². The highest BCUT2D eigenvalue weighted by molar-refractivity contribution is 5.85. The summed E-state index contributed by atoms with van der Waals surface area (Å²) >= 11 is 0. The van der Waals surface area contributed by atoms with Crippen molar-refractivity contribution in [2.75, 3.05) is 6.61 Å². The van der Waals surface area contributed by atoms with Gasteiger partial charge in [-0.2, -0.15) is 5.26 Å². The number of amides is 1. The Bertz CT molecular complexity index is 754. The van der Waals surface area contributed by atoms with Crippen LogP contribution in [0.2, 0.25) is 0 Å². The molecule has 2 aromatic rings. The molecule has 0 bridgehead atoms. The van der Waals surface area contributed by atoms with Gasteiger partial charge in [0.1, 0.15) is 12.5 Å². The molecule has 134 valence electrons. The number of hydrogen-bond donors (Lipinski definition) is 0. The van der Waals surface area contributed by atoms with Gasteiger partial charge < -0.3 is 9.64 Å². The van der Waals surface area contributed by atoms with Crippen molar-refractivity contribution in [2.24, 2.45) is 0 Å². The molecule has 2 rings (SSSR count). The lowest BCUT2D eigenvalue weighted by atomic mass is 10.0. The predicted molar refractivity (Wildman–Crippen MR) is 97.8 cm³/mol. The van der Waals surface area contributed by atoms with Crippen LogP contribution in [0.4, 0.5) is 0 Å². The lowest BCUT2D eigenvalue weighted by Gasteiger charge is -2.30. The van der Waals surface area contributed by atoms with Gasteiger partial charge in [0.05, 0.1) is 12.7 Å². The summed E-state index contributed by atoms with van der Waals surface area (Å²) in [7, 11) is 0. The maximum Gasteiger partial charge on any atom is 0.329 e. The highest BCUT2D eigenvalue weighted by atomic mass is 16.5. The van der Waals surface area contributed by atoms with Gasteiger partial charge in [-0.25, -0.2) is 4.79 Å². The fourth-order valence-corrected chi connectivity index (χ4v) is 2.72. The highest BCUT2D eigenvalue weighted by Crippen LogP contribution is 2.16. The van der Waals surface area contributed by atoms with Crippen LogP contribution in [0.5, 0.6) is 0 Å². The molecule has 0 saturated heterocycles. The zero-order valence-electron chi connectivity index (χ0n) is 14.8. The van der Waals surface area contributed by atoms with Gasteiger partial charge in [0, 0.05) is 13.0 Å². The van der Waals surface area contributed by atoms with Crippen LogP contribution in [0.1, 0.15) is 24.5 Å². The van der Waals surface area contributed by atoms with Crippen molar-refractivity contribution in [3.63, 3.8) is 0 Å². The van der Waals surface area contributed by atoms with Crippen LogP contribution in [0.15, 0.2) is 60.7 Å². The molecular weight excluding hydrogens is 328 g/mol. The Balaban J connectivity index is 2.33. The number of carbonyl (C=O) groups is 2. The Kier molecular flexibility index (Phi) is 7.38. The average Bonchev–Trinajstić information content (AvgIpc) is 2.66. The maximum atomic E-state index is 12.6. The number of hydrogen-bond acceptors (Lipinski definition) is 4. The van der Waals surface area contributed by atoms with Crippen LogP contribution < -0.4 is 0 Å². The Morgan fingerprint density at radius 1 is 1.04 bits per heavy atom. The molecule has 0 aliphatic rings. The predicted octanol–water partition coefficient (Wildman–Crippen LogP) is 3.10. The van der Waals surface area contributed by atoms with Crippen LogP contribution in [-0.4, -0.2) is 29.4 Å². The molecule has 1 atom stereocenters. The fourth-order valence-electron chi connectivity index (χ4n) is 2.72. The van der Waals surface area contributed by atoms with Gasteiger partial charge in [-0.3, -0.25) is 4.79 Å². The molecule has 0 spiro atoms. The summed E-state index contributed by atoms with van der Waals surface area (Å²) in [5.41, 5.74) is 1.81. The summed E-state index contributed by atoms with van der Waals surface area (Å²) in [6, 6.07) is 20.0. The van der Waals surface area contributed by atoms with E-state index in [1.165, 1.54) is 4.90 Å². The van der Waals surface area contributed by atoms with E-state index in [0.29, 0.717) is 6.42 Å². The molecule has 1 amide bonds. The van der Waals surface area contributed by atoms with Gasteiger partial charge in [0.25, 0.3) is 0 Å². The van der Waals surface area contributed by atoms with E-state index >= 15 is 0 Å². The van der Waals surface area contributed by atoms with Crippen LogP contribution in [0, 0.1) is 11.3 Å². The Morgan fingerprint density at radius 3 is 2.15 bits per heavy atom. The normalized spacial score (nSPS) is 11.2. The lowest BCUT2D eigenvalue weighted by molar-refractivity contribution is -0.155. The largest absolute Gasteiger partial charge is 0.464 e. The summed E-state index contributed by atoms with van der Waals surface area (Å²) in [6.45, 7) is 2.21. The molecule has 0 aromatic heterocycles. The summed E-state index contributed by atoms with van der Waals surface area (Å²) in [5.74, 6) is -0.844. The molecule has 0 unspecified atom stereocenters. The highest BCUT2D eigenvalue weighted by Gasteiger charge is 2.31. The lowest BCUT2D eigenvalue weighted by Crippen LogP contribution is -2.46. The Morgan fingerprint density at radius 2 is 1.62 bits per heavy atom. The van der Waals surface area contributed by atoms with Gasteiger partial charge in [-0.05, 0) is 18.1 Å². The van der Waals surface area contributed by atoms with Crippen molar-refractivity contribution in [1.82, 2.24) is 4.90 Å². The number of benzene rings is 2. The van der Waals surface area contributed by atoms with Crippen molar-refractivity contribution in [1.29, 1.82) is 5.26 Å². The minimum Gasteiger partial charge on any atom is -0.464 e. The number of ether oxygens (including phenoxy) is 1. The van der Waals surface area contributed by atoms with E-state index in [0.717, 1.165) is 11.1 Å². The molecule has 0 N–H and O–H groups in total. The Hall–Kier alpha value is -3.13. The molecular formula is C21H22N2O3. The van der Waals surface area contributed by atoms with Crippen LogP contribution >= 0.6 is 0 Å². The van der Waals surface area contributed by atoms with Gasteiger partial charge in [0.15, 0.2) is 0 Å². The third kappa shape index (κ3) is 5.45. The molecule has 0 radical (unpaired) electrons. The first kappa shape index (κ1) is 19.2. The number of esters is 1. The summed E-state index contributed by atoms with van der Waals surface area (Å²) in [6.07, 6.45) is 0.0567. The smallest absolute Gasteiger partial charge is 0.329 e. The van der Waals surface area contributed by atoms with E-state index < -0.39 is 12.0 Å². The van der Waals surface area contributed by atoms with E-state index in [1.54, 1.807) is 6.92 Å².